The van der Waals surface area contributed by atoms with Crippen LogP contribution in [0.25, 0.3) is 0 Å². The maximum Gasteiger partial charge on any atom is 0.273 e. The number of benzene rings is 1. The van der Waals surface area contributed by atoms with Gasteiger partial charge in [0.05, 0.1) is 25.4 Å². The molecule has 1 saturated heterocycles. The highest BCUT2D eigenvalue weighted by atomic mass is 32.1. The fourth-order valence-corrected chi connectivity index (χ4v) is 4.46. The van der Waals surface area contributed by atoms with Gasteiger partial charge in [-0.1, -0.05) is 30.3 Å². The number of rotatable bonds is 6. The molecule has 1 atom stereocenters. The quantitative estimate of drug-likeness (QED) is 0.751. The smallest absolute Gasteiger partial charge is 0.273 e. The summed E-state index contributed by atoms with van der Waals surface area (Å²) in [7, 11) is 0. The van der Waals surface area contributed by atoms with Gasteiger partial charge in [0.2, 0.25) is 5.91 Å². The van der Waals surface area contributed by atoms with Crippen LogP contribution in [-0.2, 0) is 16.0 Å². The molecule has 0 radical (unpaired) electrons. The predicted octanol–water partition coefficient (Wildman–Crippen LogP) is 1.79. The molecule has 0 bridgehead atoms. The van der Waals surface area contributed by atoms with E-state index in [2.05, 4.69) is 10.3 Å². The van der Waals surface area contributed by atoms with Gasteiger partial charge in [0.1, 0.15) is 10.7 Å². The number of aliphatic hydroxyl groups is 1. The number of hydrogen-bond acceptors (Lipinski definition) is 6. The fraction of sp³-hybridized carbons (Fsp3) is 0.476. The molecule has 2 aliphatic rings. The van der Waals surface area contributed by atoms with E-state index in [0.717, 1.165) is 10.6 Å². The molecule has 4 rings (SSSR count). The Morgan fingerprint density at radius 2 is 1.97 bits per heavy atom. The summed E-state index contributed by atoms with van der Waals surface area (Å²) in [6.07, 6.45) is 1.22. The van der Waals surface area contributed by atoms with Crippen LogP contribution in [0.1, 0.15) is 39.9 Å². The molecule has 29 heavy (non-hydrogen) atoms. The summed E-state index contributed by atoms with van der Waals surface area (Å²) in [5.41, 5.74) is 1.50. The Bertz CT molecular complexity index is 845. The second-order valence-electron chi connectivity index (χ2n) is 7.55. The van der Waals surface area contributed by atoms with Crippen LogP contribution in [0.15, 0.2) is 35.7 Å². The lowest BCUT2D eigenvalue weighted by molar-refractivity contribution is -0.132. The molecule has 154 valence electrons. The number of hydrogen-bond donors (Lipinski definition) is 2. The third-order valence-electron chi connectivity index (χ3n) is 5.42. The number of aliphatic hydroxyl groups excluding tert-OH is 1. The SMILES string of the molecule is O=C(N[C@H](Cc1ccccc1)c1nc(C(=O)N2CCOCC2)cs1)C1CC(O)C1. The largest absolute Gasteiger partial charge is 0.393 e. The number of ether oxygens (including phenoxy) is 1. The number of morpholine rings is 1. The lowest BCUT2D eigenvalue weighted by atomic mass is 9.81. The molecule has 1 aliphatic carbocycles. The minimum Gasteiger partial charge on any atom is -0.393 e. The molecule has 7 nitrogen and oxygen atoms in total. The average molecular weight is 416 g/mol. The Morgan fingerprint density at radius 1 is 1.24 bits per heavy atom. The van der Waals surface area contributed by atoms with E-state index in [9.17, 15) is 14.7 Å². The maximum absolute atomic E-state index is 12.7. The number of aromatic nitrogens is 1. The van der Waals surface area contributed by atoms with Gasteiger partial charge in [-0.25, -0.2) is 4.98 Å². The number of amides is 2. The van der Waals surface area contributed by atoms with Crippen molar-refractivity contribution in [3.63, 3.8) is 0 Å². The van der Waals surface area contributed by atoms with Gasteiger partial charge in [0.25, 0.3) is 5.91 Å². The Hall–Kier alpha value is -2.29. The summed E-state index contributed by atoms with van der Waals surface area (Å²) >= 11 is 1.40. The van der Waals surface area contributed by atoms with Gasteiger partial charge in [-0.3, -0.25) is 9.59 Å². The number of nitrogens with one attached hydrogen (secondary N) is 1. The van der Waals surface area contributed by atoms with E-state index in [1.165, 1.54) is 11.3 Å². The first-order valence-electron chi connectivity index (χ1n) is 9.95. The highest BCUT2D eigenvalue weighted by Crippen LogP contribution is 2.29. The third kappa shape index (κ3) is 4.83. The van der Waals surface area contributed by atoms with Gasteiger partial charge in [0, 0.05) is 24.4 Å². The molecule has 2 heterocycles. The predicted molar refractivity (Wildman–Crippen MR) is 109 cm³/mol. The van der Waals surface area contributed by atoms with Crippen LogP contribution in [-0.4, -0.2) is 59.2 Å². The van der Waals surface area contributed by atoms with Crippen molar-refractivity contribution in [2.24, 2.45) is 5.92 Å². The molecule has 2 N–H and O–H groups in total. The summed E-state index contributed by atoms with van der Waals surface area (Å²) in [4.78, 5) is 31.6. The normalized spacial score (nSPS) is 22.6. The Kier molecular flexibility index (Phi) is 6.22. The minimum absolute atomic E-state index is 0.0625. The fourth-order valence-electron chi connectivity index (χ4n) is 3.62. The molecular weight excluding hydrogens is 390 g/mol. The first kappa shape index (κ1) is 20.0. The van der Waals surface area contributed by atoms with Crippen molar-refractivity contribution in [2.75, 3.05) is 26.3 Å². The summed E-state index contributed by atoms with van der Waals surface area (Å²) in [5, 5.41) is 15.1. The van der Waals surface area contributed by atoms with E-state index >= 15 is 0 Å². The van der Waals surface area contributed by atoms with Gasteiger partial charge in [-0.2, -0.15) is 0 Å². The molecule has 0 unspecified atom stereocenters. The number of carbonyl (C=O) groups is 2. The van der Waals surface area contributed by atoms with Crippen LogP contribution in [0, 0.1) is 5.92 Å². The Balaban J connectivity index is 1.50. The third-order valence-corrected chi connectivity index (χ3v) is 6.38. The van der Waals surface area contributed by atoms with Crippen molar-refractivity contribution >= 4 is 23.2 Å². The highest BCUT2D eigenvalue weighted by Gasteiger charge is 2.34. The molecule has 1 aliphatic heterocycles. The second kappa shape index (κ2) is 9.02. The van der Waals surface area contributed by atoms with Gasteiger partial charge < -0.3 is 20.1 Å². The standard InChI is InChI=1S/C21H25N3O4S/c25-16-11-15(12-16)19(26)22-17(10-14-4-2-1-3-5-14)20-23-18(13-29-20)21(27)24-6-8-28-9-7-24/h1-5,13,15-17,25H,6-12H2,(H,22,26)/t15?,16?,17-/m1/s1. The molecule has 2 amide bonds. The molecule has 1 saturated carbocycles. The van der Waals surface area contributed by atoms with E-state index in [0.29, 0.717) is 51.3 Å². The molecule has 0 spiro atoms. The van der Waals surface area contributed by atoms with Crippen molar-refractivity contribution < 1.29 is 19.4 Å². The van der Waals surface area contributed by atoms with E-state index in [4.69, 9.17) is 4.74 Å². The molecule has 2 fully saturated rings. The van der Waals surface area contributed by atoms with Crippen LogP contribution < -0.4 is 5.32 Å². The van der Waals surface area contributed by atoms with Crippen molar-refractivity contribution in [2.45, 2.75) is 31.4 Å². The molecule has 8 heteroatoms. The van der Waals surface area contributed by atoms with Crippen LogP contribution >= 0.6 is 11.3 Å². The highest BCUT2D eigenvalue weighted by molar-refractivity contribution is 7.09. The zero-order chi connectivity index (χ0) is 20.2. The summed E-state index contributed by atoms with van der Waals surface area (Å²) in [5.74, 6) is -0.312. The Labute approximate surface area is 173 Å². The maximum atomic E-state index is 12.7. The lowest BCUT2D eigenvalue weighted by Gasteiger charge is -2.31. The van der Waals surface area contributed by atoms with E-state index in [1.807, 2.05) is 30.3 Å². The average Bonchev–Trinajstić information content (AvgIpc) is 3.22. The van der Waals surface area contributed by atoms with Crippen molar-refractivity contribution in [1.29, 1.82) is 0 Å². The Morgan fingerprint density at radius 3 is 2.66 bits per heavy atom. The zero-order valence-electron chi connectivity index (χ0n) is 16.1. The monoisotopic (exact) mass is 415 g/mol. The van der Waals surface area contributed by atoms with Gasteiger partial charge in [-0.05, 0) is 24.8 Å². The van der Waals surface area contributed by atoms with E-state index in [1.54, 1.807) is 10.3 Å². The number of nitrogens with zero attached hydrogens (tertiary/aromatic N) is 2. The van der Waals surface area contributed by atoms with Gasteiger partial charge in [-0.15, -0.1) is 11.3 Å². The van der Waals surface area contributed by atoms with Crippen molar-refractivity contribution in [3.8, 4) is 0 Å². The van der Waals surface area contributed by atoms with E-state index in [-0.39, 0.29) is 29.9 Å². The van der Waals surface area contributed by atoms with Crippen LogP contribution in [0.4, 0.5) is 0 Å². The zero-order valence-corrected chi connectivity index (χ0v) is 16.9. The van der Waals surface area contributed by atoms with E-state index < -0.39 is 0 Å². The molecule has 2 aromatic rings. The van der Waals surface area contributed by atoms with Crippen molar-refractivity contribution in [3.05, 3.63) is 52.0 Å². The summed E-state index contributed by atoms with van der Waals surface area (Å²) in [6.45, 7) is 2.23. The molecule has 1 aromatic heterocycles. The van der Waals surface area contributed by atoms with Crippen LogP contribution in [0.3, 0.4) is 0 Å². The molecular formula is C21H25N3O4S. The van der Waals surface area contributed by atoms with Gasteiger partial charge in [0.15, 0.2) is 0 Å². The number of thiazole rings is 1. The van der Waals surface area contributed by atoms with Crippen molar-refractivity contribution in [1.82, 2.24) is 15.2 Å². The first-order valence-corrected chi connectivity index (χ1v) is 10.8. The number of carbonyl (C=O) groups excluding carboxylic acids is 2. The van der Waals surface area contributed by atoms with Gasteiger partial charge >= 0.3 is 0 Å². The second-order valence-corrected chi connectivity index (χ2v) is 8.44. The minimum atomic E-state index is -0.379. The topological polar surface area (TPSA) is 91.8 Å². The first-order chi connectivity index (χ1) is 14.1. The molecule has 1 aromatic carbocycles. The van der Waals surface area contributed by atoms with Crippen LogP contribution in [0.5, 0.6) is 0 Å². The summed E-state index contributed by atoms with van der Waals surface area (Å²) in [6, 6.07) is 9.60. The van der Waals surface area contributed by atoms with Crippen LogP contribution in [0.2, 0.25) is 0 Å². The lowest BCUT2D eigenvalue weighted by Crippen LogP contribution is -2.43. The summed E-state index contributed by atoms with van der Waals surface area (Å²) < 4.78 is 5.31.